The van der Waals surface area contributed by atoms with E-state index in [0.717, 1.165) is 67.0 Å². The summed E-state index contributed by atoms with van der Waals surface area (Å²) in [4.78, 5) is 10.5. The fraction of sp³-hybridized carbons (Fsp3) is 0.390. The van der Waals surface area contributed by atoms with E-state index >= 15 is 0 Å². The van der Waals surface area contributed by atoms with Gasteiger partial charge in [-0.3, -0.25) is 0 Å². The van der Waals surface area contributed by atoms with Gasteiger partial charge < -0.3 is 57.3 Å². The van der Waals surface area contributed by atoms with Crippen molar-refractivity contribution in [2.45, 2.75) is 27.1 Å². The van der Waals surface area contributed by atoms with E-state index in [4.69, 9.17) is 42.6 Å². The molecule has 2 bridgehead atoms. The Hall–Kier alpha value is -5.68. The Morgan fingerprint density at radius 1 is 0.534 bits per heavy atom. The van der Waals surface area contributed by atoms with E-state index in [9.17, 15) is 0 Å². The molecular formula is C59H71N3O9S2. The van der Waals surface area contributed by atoms with Gasteiger partial charge in [-0.25, -0.2) is 0 Å². The van der Waals surface area contributed by atoms with Gasteiger partial charge in [0, 0.05) is 47.9 Å². The predicted molar refractivity (Wildman–Crippen MR) is 299 cm³/mol. The largest absolute Gasteiger partial charge is 0.490 e. The van der Waals surface area contributed by atoms with Crippen LogP contribution in [0.1, 0.15) is 38.3 Å². The minimum absolute atomic E-state index is 0.397. The molecule has 14 heteroatoms. The Morgan fingerprint density at radius 2 is 1.08 bits per heavy atom. The van der Waals surface area contributed by atoms with Crippen molar-refractivity contribution >= 4 is 58.0 Å². The number of aryl methyl sites for hydroxylation is 2. The summed E-state index contributed by atoms with van der Waals surface area (Å²) < 4.78 is 56.1. The molecule has 5 heterocycles. The monoisotopic (exact) mass is 1030 g/mol. The lowest BCUT2D eigenvalue weighted by Gasteiger charge is -2.30. The number of hydrogen-bond donors (Lipinski definition) is 0. The molecule has 1 saturated heterocycles. The van der Waals surface area contributed by atoms with Gasteiger partial charge in [-0.05, 0) is 113 Å². The lowest BCUT2D eigenvalue weighted by Crippen LogP contribution is -2.34. The number of nitrogens with zero attached hydrogens (tertiary/aromatic N) is 3. The number of rotatable bonds is 13. The molecule has 6 aromatic rings. The smallest absolute Gasteiger partial charge is 0.143 e. The number of anilines is 3. The van der Waals surface area contributed by atoms with Gasteiger partial charge in [-0.1, -0.05) is 61.2 Å². The zero-order chi connectivity index (χ0) is 50.5. The van der Waals surface area contributed by atoms with Crippen LogP contribution in [-0.2, 0) is 41.6 Å². The molecule has 0 aliphatic carbocycles. The molecule has 0 radical (unpaired) electrons. The van der Waals surface area contributed by atoms with E-state index < -0.39 is 0 Å². The Morgan fingerprint density at radius 3 is 1.67 bits per heavy atom. The standard InChI is InChI=1S/C59H71N3O9S2/c1-5-47-8-10-49(11-9-47)42-68-43-50-41-59(72-44-50)58-19-15-51(73-58)14-12-48-13-18-54(57(40-48)71-37-32-63-4)62-24-30-69-55-38-45(2)6-16-52(55)60-20-26-64-33-35-66-28-22-61(23-29-67-36-34-65-27-21-60)53-17-7-46(3)39-56(53)70-31-25-62/h5-19,38-41,44H,1,20-37,42-43H2,2-4H3/b14-12+. The summed E-state index contributed by atoms with van der Waals surface area (Å²) in [6.07, 6.45) is 6.18. The Bertz CT molecular complexity index is 2550. The highest BCUT2D eigenvalue weighted by atomic mass is 32.1. The molecule has 0 unspecified atom stereocenters. The molecule has 388 valence electrons. The molecular weight excluding hydrogens is 959 g/mol. The molecule has 1 fully saturated rings. The first-order valence-corrected chi connectivity index (χ1v) is 27.1. The Kier molecular flexibility index (Phi) is 21.1. The highest BCUT2D eigenvalue weighted by Crippen LogP contribution is 2.36. The third-order valence-electron chi connectivity index (χ3n) is 12.5. The van der Waals surface area contributed by atoms with Crippen molar-refractivity contribution < 1.29 is 42.6 Å². The molecule has 2 aromatic heterocycles. The number of thiophene rings is 2. The van der Waals surface area contributed by atoms with Crippen LogP contribution >= 0.6 is 22.7 Å². The summed E-state index contributed by atoms with van der Waals surface area (Å²) in [7, 11) is 1.69. The fourth-order valence-electron chi connectivity index (χ4n) is 8.55. The zero-order valence-electron chi connectivity index (χ0n) is 42.7. The molecule has 0 amide bonds. The number of benzene rings is 4. The van der Waals surface area contributed by atoms with E-state index in [1.165, 1.54) is 15.3 Å². The first-order chi connectivity index (χ1) is 35.9. The van der Waals surface area contributed by atoms with Crippen LogP contribution in [0.2, 0.25) is 0 Å². The average molecular weight is 1030 g/mol. The van der Waals surface area contributed by atoms with Gasteiger partial charge in [0.1, 0.15) is 37.1 Å². The minimum atomic E-state index is 0.397. The topological polar surface area (TPSA) is 92.8 Å². The van der Waals surface area contributed by atoms with Gasteiger partial charge in [0.2, 0.25) is 0 Å². The summed E-state index contributed by atoms with van der Waals surface area (Å²) in [5.74, 6) is 2.38. The zero-order valence-corrected chi connectivity index (χ0v) is 44.4. The van der Waals surface area contributed by atoms with Crippen LogP contribution < -0.4 is 28.9 Å². The molecule has 9 rings (SSSR count). The minimum Gasteiger partial charge on any atom is -0.490 e. The van der Waals surface area contributed by atoms with Crippen LogP contribution in [0.3, 0.4) is 0 Å². The quantitative estimate of drug-likeness (QED) is 0.0815. The maximum absolute atomic E-state index is 6.78. The summed E-state index contributed by atoms with van der Waals surface area (Å²) in [5, 5.41) is 2.19. The second kappa shape index (κ2) is 28.7. The Balaban J connectivity index is 1.03. The summed E-state index contributed by atoms with van der Waals surface area (Å²) in [6, 6.07) is 34.1. The number of hydrogen-bond acceptors (Lipinski definition) is 14. The maximum Gasteiger partial charge on any atom is 0.143 e. The van der Waals surface area contributed by atoms with Crippen molar-refractivity contribution in [2.75, 3.05) is 140 Å². The number of ether oxygens (including phenoxy) is 9. The molecule has 0 spiro atoms. The average Bonchev–Trinajstić information content (AvgIpc) is 4.08. The van der Waals surface area contributed by atoms with Gasteiger partial charge in [-0.15, -0.1) is 22.7 Å². The van der Waals surface area contributed by atoms with E-state index in [1.54, 1.807) is 29.8 Å². The van der Waals surface area contributed by atoms with Gasteiger partial charge in [0.25, 0.3) is 0 Å². The van der Waals surface area contributed by atoms with Crippen LogP contribution in [0, 0.1) is 13.8 Å². The van der Waals surface area contributed by atoms with Crippen molar-refractivity contribution in [1.82, 2.24) is 0 Å². The fourth-order valence-corrected chi connectivity index (χ4v) is 10.5. The van der Waals surface area contributed by atoms with E-state index in [2.05, 4.69) is 150 Å². The molecule has 3 aliphatic heterocycles. The van der Waals surface area contributed by atoms with E-state index in [1.807, 2.05) is 6.08 Å². The SMILES string of the molecule is C=Cc1ccc(COCc2csc(-c3ccc(/C=C/c4ccc(N5CCOc6cc(C)ccc6N6CCOCCOCCN(CCOCCOCC6)c6ccc(C)cc6OCC5)c(OCCOC)c4)s3)c2)cc1. The van der Waals surface area contributed by atoms with E-state index in [-0.39, 0.29) is 0 Å². The predicted octanol–water partition coefficient (Wildman–Crippen LogP) is 11.3. The first-order valence-electron chi connectivity index (χ1n) is 25.4. The highest BCUT2D eigenvalue weighted by molar-refractivity contribution is 7.21. The van der Waals surface area contributed by atoms with Gasteiger partial charge in [-0.2, -0.15) is 0 Å². The summed E-state index contributed by atoms with van der Waals surface area (Å²) >= 11 is 3.52. The normalized spacial score (nSPS) is 16.1. The molecule has 3 aliphatic rings. The molecule has 0 atom stereocenters. The molecule has 73 heavy (non-hydrogen) atoms. The number of methoxy groups -OCH3 is 1. The summed E-state index contributed by atoms with van der Waals surface area (Å²) in [6.45, 7) is 18.8. The first kappa shape index (κ1) is 53.6. The van der Waals surface area contributed by atoms with Crippen molar-refractivity contribution in [1.29, 1.82) is 0 Å². The van der Waals surface area contributed by atoms with Crippen LogP contribution in [-0.4, -0.2) is 126 Å². The summed E-state index contributed by atoms with van der Waals surface area (Å²) in [5.41, 5.74) is 9.63. The van der Waals surface area contributed by atoms with Crippen LogP contribution in [0.25, 0.3) is 28.0 Å². The molecule has 4 aromatic carbocycles. The van der Waals surface area contributed by atoms with Crippen molar-refractivity contribution in [3.8, 4) is 27.0 Å². The third-order valence-corrected chi connectivity index (χ3v) is 14.7. The van der Waals surface area contributed by atoms with Gasteiger partial charge >= 0.3 is 0 Å². The van der Waals surface area contributed by atoms with Crippen molar-refractivity contribution in [3.05, 3.63) is 147 Å². The van der Waals surface area contributed by atoms with Crippen LogP contribution in [0.15, 0.2) is 109 Å². The highest BCUT2D eigenvalue weighted by Gasteiger charge is 2.20. The lowest BCUT2D eigenvalue weighted by atomic mass is 10.1. The van der Waals surface area contributed by atoms with Crippen molar-refractivity contribution in [2.24, 2.45) is 0 Å². The van der Waals surface area contributed by atoms with Gasteiger partial charge in [0.05, 0.1) is 103 Å². The van der Waals surface area contributed by atoms with Crippen LogP contribution in [0.4, 0.5) is 17.1 Å². The van der Waals surface area contributed by atoms with Gasteiger partial charge in [0.15, 0.2) is 0 Å². The molecule has 0 saturated carbocycles. The third kappa shape index (κ3) is 16.4. The second-order valence-corrected chi connectivity index (χ2v) is 19.9. The van der Waals surface area contributed by atoms with E-state index in [0.29, 0.717) is 132 Å². The maximum atomic E-state index is 6.78. The lowest BCUT2D eigenvalue weighted by molar-refractivity contribution is 0.0435. The number of fused-ring (bicyclic) bond motifs is 20. The van der Waals surface area contributed by atoms with Crippen molar-refractivity contribution in [3.63, 3.8) is 0 Å². The van der Waals surface area contributed by atoms with Crippen LogP contribution in [0.5, 0.6) is 17.2 Å². The molecule has 12 nitrogen and oxygen atoms in total. The molecule has 0 N–H and O–H groups in total. The second-order valence-electron chi connectivity index (χ2n) is 17.9. The Labute approximate surface area is 440 Å².